The molecule has 2 amide bonds. The molecule has 1 aliphatic heterocycles. The SMILES string of the molecule is CCN(CC)CCCNC(=O)[C@@H]1c2ccccc2C(=O)N1Cc1ccc(C)cc1. The van der Waals surface area contributed by atoms with E-state index in [-0.39, 0.29) is 11.8 Å². The second kappa shape index (κ2) is 9.70. The molecule has 2 aromatic rings. The predicted molar refractivity (Wildman–Crippen MR) is 116 cm³/mol. The summed E-state index contributed by atoms with van der Waals surface area (Å²) < 4.78 is 0. The molecule has 1 aliphatic rings. The standard InChI is InChI=1S/C24H31N3O2/c1-4-26(5-2)16-8-15-25-23(28)22-20-9-6-7-10-21(20)24(29)27(22)17-19-13-11-18(3)12-14-19/h6-7,9-14,22H,4-5,8,15-17H2,1-3H3,(H,25,28)/t22-/m0/s1. The molecule has 2 aromatic carbocycles. The number of nitrogens with zero attached hydrogens (tertiary/aromatic N) is 2. The summed E-state index contributed by atoms with van der Waals surface area (Å²) in [6, 6.07) is 15.0. The Morgan fingerprint density at radius 2 is 1.76 bits per heavy atom. The van der Waals surface area contributed by atoms with E-state index in [9.17, 15) is 9.59 Å². The van der Waals surface area contributed by atoms with E-state index < -0.39 is 6.04 Å². The van der Waals surface area contributed by atoms with E-state index in [2.05, 4.69) is 24.1 Å². The Morgan fingerprint density at radius 1 is 1.07 bits per heavy atom. The fourth-order valence-corrected chi connectivity index (χ4v) is 3.86. The van der Waals surface area contributed by atoms with Crippen LogP contribution >= 0.6 is 0 Å². The Labute approximate surface area is 173 Å². The summed E-state index contributed by atoms with van der Waals surface area (Å²) in [6.07, 6.45) is 0.897. The molecule has 0 spiro atoms. The summed E-state index contributed by atoms with van der Waals surface area (Å²) in [7, 11) is 0. The van der Waals surface area contributed by atoms with Crippen LogP contribution in [-0.2, 0) is 11.3 Å². The van der Waals surface area contributed by atoms with Gasteiger partial charge in [-0.25, -0.2) is 0 Å². The molecule has 1 atom stereocenters. The van der Waals surface area contributed by atoms with Crippen LogP contribution in [0.3, 0.4) is 0 Å². The van der Waals surface area contributed by atoms with Crippen LogP contribution in [0.2, 0.25) is 0 Å². The molecule has 0 fully saturated rings. The number of hydrogen-bond acceptors (Lipinski definition) is 3. The Bertz CT molecular complexity index is 843. The van der Waals surface area contributed by atoms with Gasteiger partial charge in [0.1, 0.15) is 6.04 Å². The molecule has 29 heavy (non-hydrogen) atoms. The van der Waals surface area contributed by atoms with Crippen LogP contribution in [0.25, 0.3) is 0 Å². The molecular weight excluding hydrogens is 362 g/mol. The van der Waals surface area contributed by atoms with Gasteiger partial charge in [0.2, 0.25) is 5.91 Å². The molecule has 0 unspecified atom stereocenters. The van der Waals surface area contributed by atoms with Gasteiger partial charge >= 0.3 is 0 Å². The van der Waals surface area contributed by atoms with Gasteiger partial charge in [0, 0.05) is 18.7 Å². The van der Waals surface area contributed by atoms with Gasteiger partial charge in [-0.05, 0) is 50.2 Å². The maximum Gasteiger partial charge on any atom is 0.255 e. The molecule has 5 nitrogen and oxygen atoms in total. The summed E-state index contributed by atoms with van der Waals surface area (Å²) >= 11 is 0. The quantitative estimate of drug-likeness (QED) is 0.663. The van der Waals surface area contributed by atoms with Crippen molar-refractivity contribution < 1.29 is 9.59 Å². The Kier molecular flexibility index (Phi) is 7.04. The zero-order valence-electron chi connectivity index (χ0n) is 17.6. The van der Waals surface area contributed by atoms with E-state index in [1.807, 2.05) is 55.5 Å². The van der Waals surface area contributed by atoms with Gasteiger partial charge in [-0.2, -0.15) is 0 Å². The van der Waals surface area contributed by atoms with Gasteiger partial charge in [-0.1, -0.05) is 61.9 Å². The lowest BCUT2D eigenvalue weighted by Gasteiger charge is -2.25. The lowest BCUT2D eigenvalue weighted by atomic mass is 10.0. The summed E-state index contributed by atoms with van der Waals surface area (Å²) in [6.45, 7) is 10.3. The largest absolute Gasteiger partial charge is 0.354 e. The van der Waals surface area contributed by atoms with Crippen LogP contribution in [0.4, 0.5) is 0 Å². The topological polar surface area (TPSA) is 52.7 Å². The van der Waals surface area contributed by atoms with Crippen LogP contribution in [0.15, 0.2) is 48.5 Å². The molecule has 1 heterocycles. The van der Waals surface area contributed by atoms with Crippen molar-refractivity contribution >= 4 is 11.8 Å². The number of carbonyl (C=O) groups is 2. The van der Waals surface area contributed by atoms with Crippen molar-refractivity contribution in [1.29, 1.82) is 0 Å². The molecule has 1 N–H and O–H groups in total. The van der Waals surface area contributed by atoms with Crippen molar-refractivity contribution in [2.24, 2.45) is 0 Å². The molecule has 0 aromatic heterocycles. The van der Waals surface area contributed by atoms with Crippen molar-refractivity contribution in [1.82, 2.24) is 15.1 Å². The maximum absolute atomic E-state index is 13.1. The Morgan fingerprint density at radius 3 is 2.45 bits per heavy atom. The first-order chi connectivity index (χ1) is 14.0. The first-order valence-corrected chi connectivity index (χ1v) is 10.5. The van der Waals surface area contributed by atoms with Crippen molar-refractivity contribution in [2.75, 3.05) is 26.2 Å². The molecule has 0 radical (unpaired) electrons. The van der Waals surface area contributed by atoms with E-state index >= 15 is 0 Å². The monoisotopic (exact) mass is 393 g/mol. The van der Waals surface area contributed by atoms with E-state index in [0.29, 0.717) is 18.7 Å². The van der Waals surface area contributed by atoms with Crippen molar-refractivity contribution in [2.45, 2.75) is 39.8 Å². The zero-order chi connectivity index (χ0) is 20.8. The molecule has 0 saturated heterocycles. The van der Waals surface area contributed by atoms with Crippen LogP contribution in [0.5, 0.6) is 0 Å². The highest BCUT2D eigenvalue weighted by Crippen LogP contribution is 2.35. The normalized spacial score (nSPS) is 15.7. The number of hydrogen-bond donors (Lipinski definition) is 1. The van der Waals surface area contributed by atoms with Crippen LogP contribution in [0, 0.1) is 6.92 Å². The first-order valence-electron chi connectivity index (χ1n) is 10.5. The fraction of sp³-hybridized carbons (Fsp3) is 0.417. The lowest BCUT2D eigenvalue weighted by Crippen LogP contribution is -2.39. The number of amides is 2. The average Bonchev–Trinajstić information content (AvgIpc) is 3.01. The lowest BCUT2D eigenvalue weighted by molar-refractivity contribution is -0.125. The number of aryl methyl sites for hydroxylation is 1. The average molecular weight is 394 g/mol. The fourth-order valence-electron chi connectivity index (χ4n) is 3.86. The Hall–Kier alpha value is -2.66. The van der Waals surface area contributed by atoms with Crippen molar-refractivity contribution in [3.8, 4) is 0 Å². The smallest absolute Gasteiger partial charge is 0.255 e. The van der Waals surface area contributed by atoms with Crippen LogP contribution in [0.1, 0.15) is 53.4 Å². The third-order valence-corrected chi connectivity index (χ3v) is 5.62. The molecule has 0 bridgehead atoms. The first kappa shape index (κ1) is 21.1. The molecular formula is C24H31N3O2. The number of carbonyl (C=O) groups excluding carboxylic acids is 2. The minimum atomic E-state index is -0.576. The number of benzene rings is 2. The summed E-state index contributed by atoms with van der Waals surface area (Å²) in [4.78, 5) is 30.1. The highest BCUT2D eigenvalue weighted by Gasteiger charge is 2.40. The number of rotatable bonds is 9. The summed E-state index contributed by atoms with van der Waals surface area (Å²) in [5, 5.41) is 3.05. The summed E-state index contributed by atoms with van der Waals surface area (Å²) in [5.41, 5.74) is 3.62. The number of fused-ring (bicyclic) bond motifs is 1. The Balaban J connectivity index is 1.72. The second-order valence-electron chi connectivity index (χ2n) is 7.58. The van der Waals surface area contributed by atoms with E-state index in [1.54, 1.807) is 4.90 Å². The predicted octanol–water partition coefficient (Wildman–Crippen LogP) is 3.54. The zero-order valence-corrected chi connectivity index (χ0v) is 17.6. The third kappa shape index (κ3) is 4.85. The number of nitrogens with one attached hydrogen (secondary N) is 1. The van der Waals surface area contributed by atoms with Gasteiger partial charge in [0.25, 0.3) is 5.91 Å². The van der Waals surface area contributed by atoms with Gasteiger partial charge < -0.3 is 15.1 Å². The summed E-state index contributed by atoms with van der Waals surface area (Å²) in [5.74, 6) is -0.181. The van der Waals surface area contributed by atoms with Crippen molar-refractivity contribution in [3.05, 3.63) is 70.8 Å². The van der Waals surface area contributed by atoms with E-state index in [4.69, 9.17) is 0 Å². The molecule has 5 heteroatoms. The molecule has 154 valence electrons. The highest BCUT2D eigenvalue weighted by molar-refractivity contribution is 6.04. The van der Waals surface area contributed by atoms with Crippen molar-refractivity contribution in [3.63, 3.8) is 0 Å². The van der Waals surface area contributed by atoms with Gasteiger partial charge in [-0.15, -0.1) is 0 Å². The van der Waals surface area contributed by atoms with Gasteiger partial charge in [-0.3, -0.25) is 9.59 Å². The van der Waals surface area contributed by atoms with Gasteiger partial charge in [0.05, 0.1) is 0 Å². The second-order valence-corrected chi connectivity index (χ2v) is 7.58. The molecule has 0 aliphatic carbocycles. The molecule has 3 rings (SSSR count). The van der Waals surface area contributed by atoms with Crippen LogP contribution < -0.4 is 5.32 Å². The van der Waals surface area contributed by atoms with E-state index in [1.165, 1.54) is 5.56 Å². The van der Waals surface area contributed by atoms with Crippen LogP contribution in [-0.4, -0.2) is 47.8 Å². The minimum absolute atomic E-state index is 0.0792. The van der Waals surface area contributed by atoms with E-state index in [0.717, 1.165) is 37.2 Å². The molecule has 0 saturated carbocycles. The highest BCUT2D eigenvalue weighted by atomic mass is 16.2. The maximum atomic E-state index is 13.1. The third-order valence-electron chi connectivity index (χ3n) is 5.62. The van der Waals surface area contributed by atoms with Gasteiger partial charge in [0.15, 0.2) is 0 Å². The minimum Gasteiger partial charge on any atom is -0.354 e.